The summed E-state index contributed by atoms with van der Waals surface area (Å²) in [6, 6.07) is 4.73. The molecule has 162 valence electrons. The SMILES string of the molecule is CCOC(=O)C1CCN(C(=O)CN2C(=O)N[C@](CC)(c3ccc(F)cc3)C2=O)CC1. The van der Waals surface area contributed by atoms with Gasteiger partial charge in [-0.1, -0.05) is 19.1 Å². The van der Waals surface area contributed by atoms with Gasteiger partial charge >= 0.3 is 12.0 Å². The third-order valence-corrected chi connectivity index (χ3v) is 5.80. The number of carbonyl (C=O) groups excluding carboxylic acids is 4. The van der Waals surface area contributed by atoms with Gasteiger partial charge in [0.15, 0.2) is 0 Å². The lowest BCUT2D eigenvalue weighted by molar-refractivity contribution is -0.151. The molecule has 30 heavy (non-hydrogen) atoms. The van der Waals surface area contributed by atoms with Gasteiger partial charge in [0.2, 0.25) is 5.91 Å². The van der Waals surface area contributed by atoms with Crippen LogP contribution >= 0.6 is 0 Å². The maximum absolute atomic E-state index is 13.3. The molecule has 0 bridgehead atoms. The fraction of sp³-hybridized carbons (Fsp3) is 0.524. The van der Waals surface area contributed by atoms with Crippen molar-refractivity contribution in [3.8, 4) is 0 Å². The highest BCUT2D eigenvalue weighted by atomic mass is 19.1. The molecule has 0 aliphatic carbocycles. The number of imide groups is 1. The Balaban J connectivity index is 1.66. The largest absolute Gasteiger partial charge is 0.466 e. The van der Waals surface area contributed by atoms with Crippen molar-refractivity contribution in [3.05, 3.63) is 35.6 Å². The second kappa shape index (κ2) is 8.81. The Kier molecular flexibility index (Phi) is 6.38. The van der Waals surface area contributed by atoms with Crippen molar-refractivity contribution in [3.63, 3.8) is 0 Å². The van der Waals surface area contributed by atoms with Crippen molar-refractivity contribution < 1.29 is 28.3 Å². The predicted molar refractivity (Wildman–Crippen MR) is 105 cm³/mol. The van der Waals surface area contributed by atoms with Crippen LogP contribution in [0.25, 0.3) is 0 Å². The van der Waals surface area contributed by atoms with Gasteiger partial charge < -0.3 is 15.0 Å². The van der Waals surface area contributed by atoms with Crippen LogP contribution in [0.15, 0.2) is 24.3 Å². The second-order valence-electron chi connectivity index (χ2n) is 7.49. The Morgan fingerprint density at radius 3 is 2.37 bits per heavy atom. The van der Waals surface area contributed by atoms with Crippen LogP contribution < -0.4 is 5.32 Å². The summed E-state index contributed by atoms with van der Waals surface area (Å²) in [4.78, 5) is 52.6. The first-order valence-electron chi connectivity index (χ1n) is 10.2. The zero-order chi connectivity index (χ0) is 21.9. The molecule has 1 atom stereocenters. The van der Waals surface area contributed by atoms with E-state index in [0.717, 1.165) is 4.90 Å². The van der Waals surface area contributed by atoms with E-state index in [4.69, 9.17) is 4.74 Å². The van der Waals surface area contributed by atoms with Gasteiger partial charge in [-0.25, -0.2) is 9.18 Å². The summed E-state index contributed by atoms with van der Waals surface area (Å²) < 4.78 is 18.3. The fourth-order valence-electron chi connectivity index (χ4n) is 4.00. The molecule has 2 aliphatic rings. The number of benzene rings is 1. The van der Waals surface area contributed by atoms with Crippen LogP contribution in [0.4, 0.5) is 9.18 Å². The Bertz CT molecular complexity index is 836. The Morgan fingerprint density at radius 2 is 1.80 bits per heavy atom. The van der Waals surface area contributed by atoms with E-state index in [2.05, 4.69) is 5.32 Å². The van der Waals surface area contributed by atoms with Gasteiger partial charge in [-0.3, -0.25) is 19.3 Å². The molecule has 0 radical (unpaired) electrons. The van der Waals surface area contributed by atoms with Gasteiger partial charge in [-0.15, -0.1) is 0 Å². The number of ether oxygens (including phenoxy) is 1. The zero-order valence-corrected chi connectivity index (χ0v) is 17.2. The first-order valence-corrected chi connectivity index (χ1v) is 10.2. The summed E-state index contributed by atoms with van der Waals surface area (Å²) in [7, 11) is 0. The number of esters is 1. The molecule has 0 unspecified atom stereocenters. The molecule has 8 nitrogen and oxygen atoms in total. The van der Waals surface area contributed by atoms with E-state index in [9.17, 15) is 23.6 Å². The summed E-state index contributed by atoms with van der Waals surface area (Å²) in [5.41, 5.74) is -0.850. The molecule has 2 saturated heterocycles. The number of nitrogens with zero attached hydrogens (tertiary/aromatic N) is 2. The summed E-state index contributed by atoms with van der Waals surface area (Å²) in [5.74, 6) is -1.83. The average Bonchev–Trinajstić information content (AvgIpc) is 2.99. The van der Waals surface area contributed by atoms with Crippen LogP contribution in [-0.2, 0) is 24.7 Å². The van der Waals surface area contributed by atoms with Crippen LogP contribution in [0.1, 0.15) is 38.7 Å². The van der Waals surface area contributed by atoms with Gasteiger partial charge in [0.25, 0.3) is 5.91 Å². The van der Waals surface area contributed by atoms with Crippen molar-refractivity contribution in [2.75, 3.05) is 26.2 Å². The smallest absolute Gasteiger partial charge is 0.325 e. The van der Waals surface area contributed by atoms with Crippen LogP contribution in [0, 0.1) is 11.7 Å². The molecular formula is C21H26FN3O5. The number of likely N-dealkylation sites (tertiary alicyclic amines) is 1. The first kappa shape index (κ1) is 21.7. The van der Waals surface area contributed by atoms with Gasteiger partial charge in [0, 0.05) is 13.1 Å². The summed E-state index contributed by atoms with van der Waals surface area (Å²) >= 11 is 0. The molecule has 1 aromatic rings. The van der Waals surface area contributed by atoms with Crippen molar-refractivity contribution >= 4 is 23.8 Å². The molecule has 3 rings (SSSR count). The fourth-order valence-corrected chi connectivity index (χ4v) is 4.00. The number of nitrogens with one attached hydrogen (secondary N) is 1. The third-order valence-electron chi connectivity index (χ3n) is 5.80. The molecule has 0 saturated carbocycles. The highest BCUT2D eigenvalue weighted by Gasteiger charge is 2.51. The van der Waals surface area contributed by atoms with Gasteiger partial charge in [-0.2, -0.15) is 0 Å². The van der Waals surface area contributed by atoms with E-state index >= 15 is 0 Å². The number of piperidine rings is 1. The van der Waals surface area contributed by atoms with Crippen molar-refractivity contribution in [1.29, 1.82) is 0 Å². The van der Waals surface area contributed by atoms with Crippen molar-refractivity contribution in [2.24, 2.45) is 5.92 Å². The van der Waals surface area contributed by atoms with E-state index < -0.39 is 23.3 Å². The van der Waals surface area contributed by atoms with Crippen molar-refractivity contribution in [1.82, 2.24) is 15.1 Å². The minimum Gasteiger partial charge on any atom is -0.466 e. The molecule has 0 spiro atoms. The second-order valence-corrected chi connectivity index (χ2v) is 7.49. The molecule has 2 heterocycles. The highest BCUT2D eigenvalue weighted by Crippen LogP contribution is 2.32. The number of halogens is 1. The Hall–Kier alpha value is -2.97. The predicted octanol–water partition coefficient (Wildman–Crippen LogP) is 1.78. The lowest BCUT2D eigenvalue weighted by Gasteiger charge is -2.32. The summed E-state index contributed by atoms with van der Waals surface area (Å²) in [5, 5.41) is 2.68. The highest BCUT2D eigenvalue weighted by molar-refractivity contribution is 6.09. The van der Waals surface area contributed by atoms with E-state index in [0.29, 0.717) is 38.1 Å². The Morgan fingerprint density at radius 1 is 1.17 bits per heavy atom. The van der Waals surface area contributed by atoms with Crippen molar-refractivity contribution in [2.45, 2.75) is 38.6 Å². The number of hydrogen-bond donors (Lipinski definition) is 1. The molecule has 1 N–H and O–H groups in total. The number of amides is 4. The maximum atomic E-state index is 13.3. The zero-order valence-electron chi connectivity index (χ0n) is 17.2. The van der Waals surface area contributed by atoms with Gasteiger partial charge in [-0.05, 0) is 43.9 Å². The van der Waals surface area contributed by atoms with E-state index in [1.54, 1.807) is 18.7 Å². The standard InChI is InChI=1S/C21H26FN3O5/c1-3-21(15-5-7-16(22)8-6-15)19(28)25(20(29)23-21)13-17(26)24-11-9-14(10-12-24)18(27)30-4-2/h5-8,14H,3-4,9-13H2,1-2H3,(H,23,29)/t21-/m1/s1. The first-order chi connectivity index (χ1) is 14.3. The lowest BCUT2D eigenvalue weighted by atomic mass is 9.87. The number of rotatable bonds is 6. The van der Waals surface area contributed by atoms with Crippen LogP contribution in [0.2, 0.25) is 0 Å². The minimum absolute atomic E-state index is 0.239. The molecule has 2 aliphatic heterocycles. The van der Waals surface area contributed by atoms with E-state index in [1.807, 2.05) is 0 Å². The quantitative estimate of drug-likeness (QED) is 0.560. The van der Waals surface area contributed by atoms with Crippen LogP contribution in [0.5, 0.6) is 0 Å². The molecular weight excluding hydrogens is 393 g/mol. The van der Waals surface area contributed by atoms with Crippen LogP contribution in [-0.4, -0.2) is 59.9 Å². The number of hydrogen-bond acceptors (Lipinski definition) is 5. The average molecular weight is 419 g/mol. The molecule has 9 heteroatoms. The number of urea groups is 1. The van der Waals surface area contributed by atoms with Gasteiger partial charge in [0.1, 0.15) is 17.9 Å². The molecule has 2 fully saturated rings. The lowest BCUT2D eigenvalue weighted by Crippen LogP contribution is -2.47. The number of carbonyl (C=O) groups is 4. The summed E-state index contributed by atoms with van der Waals surface area (Å²) in [6.45, 7) is 4.16. The molecule has 0 aromatic heterocycles. The third kappa shape index (κ3) is 4.01. The molecule has 1 aromatic carbocycles. The minimum atomic E-state index is -1.32. The van der Waals surface area contributed by atoms with E-state index in [1.165, 1.54) is 24.3 Å². The van der Waals surface area contributed by atoms with Crippen LogP contribution in [0.3, 0.4) is 0 Å². The summed E-state index contributed by atoms with van der Waals surface area (Å²) in [6.07, 6.45) is 1.23. The van der Waals surface area contributed by atoms with Gasteiger partial charge in [0.05, 0.1) is 12.5 Å². The normalized spacial score (nSPS) is 22.2. The maximum Gasteiger partial charge on any atom is 0.325 e. The Labute approximate surface area is 174 Å². The van der Waals surface area contributed by atoms with E-state index in [-0.39, 0.29) is 30.8 Å². The molecule has 4 amide bonds. The topological polar surface area (TPSA) is 96.0 Å². The monoisotopic (exact) mass is 419 g/mol.